The van der Waals surface area contributed by atoms with Gasteiger partial charge in [-0.3, -0.25) is 4.79 Å². The number of hydrogen-bond acceptors (Lipinski definition) is 4. The van der Waals surface area contributed by atoms with E-state index in [1.54, 1.807) is 7.11 Å². The Morgan fingerprint density at radius 2 is 2.06 bits per heavy atom. The van der Waals surface area contributed by atoms with E-state index in [0.29, 0.717) is 13.0 Å². The van der Waals surface area contributed by atoms with Gasteiger partial charge in [-0.1, -0.05) is 19.1 Å². The molecule has 1 aromatic carbocycles. The van der Waals surface area contributed by atoms with E-state index < -0.39 is 0 Å². The fraction of sp³-hybridized carbons (Fsp3) is 0.654. The average molecular weight is 444 g/mol. The van der Waals surface area contributed by atoms with Gasteiger partial charge in [-0.25, -0.2) is 0 Å². The Bertz CT molecular complexity index is 855. The number of para-hydroxylation sites is 1. The summed E-state index contributed by atoms with van der Waals surface area (Å²) in [5.74, 6) is 1.07. The molecule has 1 fully saturated rings. The molecule has 1 atom stereocenters. The first-order valence-corrected chi connectivity index (χ1v) is 12.3. The highest BCUT2D eigenvalue weighted by atomic mass is 16.5. The molecular formula is C26H41N3O3. The number of amides is 1. The van der Waals surface area contributed by atoms with Gasteiger partial charge in [-0.2, -0.15) is 0 Å². The topological polar surface area (TPSA) is 55.7 Å². The number of nitrogens with zero attached hydrogens (tertiary/aromatic N) is 2. The second-order valence-electron chi connectivity index (χ2n) is 9.06. The molecular weight excluding hydrogens is 402 g/mol. The molecule has 0 bridgehead atoms. The Morgan fingerprint density at radius 3 is 2.75 bits per heavy atom. The molecule has 0 radical (unpaired) electrons. The van der Waals surface area contributed by atoms with Crippen LogP contribution in [-0.4, -0.2) is 60.9 Å². The number of ether oxygens (including phenoxy) is 2. The Balaban J connectivity index is 1.95. The third-order valence-electron chi connectivity index (χ3n) is 6.29. The van der Waals surface area contributed by atoms with E-state index in [1.807, 2.05) is 0 Å². The van der Waals surface area contributed by atoms with E-state index in [0.717, 1.165) is 80.7 Å². The minimum atomic E-state index is 0.173. The molecule has 32 heavy (non-hydrogen) atoms. The van der Waals surface area contributed by atoms with Crippen LogP contribution in [0.25, 0.3) is 10.9 Å². The van der Waals surface area contributed by atoms with E-state index in [1.165, 1.54) is 0 Å². The summed E-state index contributed by atoms with van der Waals surface area (Å²) in [7, 11) is 1.74. The van der Waals surface area contributed by atoms with Crippen molar-refractivity contribution >= 4 is 16.8 Å². The lowest BCUT2D eigenvalue weighted by Crippen LogP contribution is -2.52. The van der Waals surface area contributed by atoms with Crippen molar-refractivity contribution in [3.8, 4) is 5.75 Å². The first-order chi connectivity index (χ1) is 15.6. The lowest BCUT2D eigenvalue weighted by atomic mass is 10.0. The van der Waals surface area contributed by atoms with Crippen molar-refractivity contribution in [3.05, 3.63) is 30.0 Å². The van der Waals surface area contributed by atoms with Gasteiger partial charge in [0, 0.05) is 44.3 Å². The third kappa shape index (κ3) is 5.84. The lowest BCUT2D eigenvalue weighted by molar-refractivity contribution is -0.135. The highest BCUT2D eigenvalue weighted by Gasteiger charge is 2.30. The molecule has 0 spiro atoms. The number of aromatic nitrogens is 1. The summed E-state index contributed by atoms with van der Waals surface area (Å²) in [6, 6.07) is 8.81. The maximum absolute atomic E-state index is 13.7. The molecule has 6 nitrogen and oxygen atoms in total. The summed E-state index contributed by atoms with van der Waals surface area (Å²) >= 11 is 0. The predicted molar refractivity (Wildman–Crippen MR) is 130 cm³/mol. The Labute approximate surface area is 193 Å². The van der Waals surface area contributed by atoms with E-state index >= 15 is 0 Å². The Morgan fingerprint density at radius 1 is 1.25 bits per heavy atom. The monoisotopic (exact) mass is 443 g/mol. The zero-order valence-corrected chi connectivity index (χ0v) is 20.4. The van der Waals surface area contributed by atoms with E-state index in [-0.39, 0.29) is 18.0 Å². The highest BCUT2D eigenvalue weighted by Crippen LogP contribution is 2.35. The van der Waals surface area contributed by atoms with Crippen molar-refractivity contribution in [1.82, 2.24) is 14.8 Å². The minimum Gasteiger partial charge on any atom is -0.491 e. The zero-order chi connectivity index (χ0) is 22.9. The van der Waals surface area contributed by atoms with Gasteiger partial charge >= 0.3 is 0 Å². The fourth-order valence-corrected chi connectivity index (χ4v) is 4.86. The van der Waals surface area contributed by atoms with Crippen molar-refractivity contribution < 1.29 is 14.3 Å². The number of unbranched alkanes of at least 4 members (excludes halogenated alkanes) is 1. The molecule has 3 rings (SSSR count). The molecule has 1 aromatic heterocycles. The van der Waals surface area contributed by atoms with Gasteiger partial charge in [0.25, 0.3) is 0 Å². The molecule has 0 saturated carbocycles. The van der Waals surface area contributed by atoms with Crippen LogP contribution < -0.4 is 10.1 Å². The van der Waals surface area contributed by atoms with Gasteiger partial charge < -0.3 is 24.3 Å². The molecule has 178 valence electrons. The van der Waals surface area contributed by atoms with Gasteiger partial charge in [-0.05, 0) is 64.6 Å². The number of rotatable bonds is 12. The number of nitrogens with one attached hydrogen (secondary N) is 1. The number of carbonyl (C=O) groups is 1. The summed E-state index contributed by atoms with van der Waals surface area (Å²) in [4.78, 5) is 15.8. The maximum Gasteiger partial charge on any atom is 0.229 e. The van der Waals surface area contributed by atoms with Crippen LogP contribution in [0.4, 0.5) is 0 Å². The first kappa shape index (κ1) is 24.6. The SMILES string of the molecule is CCCOc1c(CC(=O)N(C(C)C)[C@@H]2CCCNC2)n(CCCCOC)c2ccccc12. The average Bonchev–Trinajstić information content (AvgIpc) is 3.08. The van der Waals surface area contributed by atoms with Crippen molar-refractivity contribution in [2.75, 3.05) is 33.4 Å². The van der Waals surface area contributed by atoms with Gasteiger partial charge in [0.05, 0.1) is 24.2 Å². The molecule has 1 aliphatic heterocycles. The molecule has 2 aromatic rings. The number of methoxy groups -OCH3 is 1. The normalized spacial score (nSPS) is 16.6. The summed E-state index contributed by atoms with van der Waals surface area (Å²) < 4.78 is 13.8. The van der Waals surface area contributed by atoms with E-state index in [9.17, 15) is 4.79 Å². The number of benzene rings is 1. The fourth-order valence-electron chi connectivity index (χ4n) is 4.86. The Kier molecular flexibility index (Phi) is 9.42. The molecule has 1 aliphatic rings. The van der Waals surface area contributed by atoms with Gasteiger partial charge in [-0.15, -0.1) is 0 Å². The second-order valence-corrected chi connectivity index (χ2v) is 9.06. The largest absolute Gasteiger partial charge is 0.491 e. The number of aryl methyl sites for hydroxylation is 1. The number of carbonyl (C=O) groups excluding carboxylic acids is 1. The second kappa shape index (κ2) is 12.3. The molecule has 0 aliphatic carbocycles. The molecule has 6 heteroatoms. The summed E-state index contributed by atoms with van der Waals surface area (Å²) in [5.41, 5.74) is 2.16. The van der Waals surface area contributed by atoms with E-state index in [2.05, 4.69) is 59.8 Å². The Hall–Kier alpha value is -2.05. The zero-order valence-electron chi connectivity index (χ0n) is 20.4. The van der Waals surface area contributed by atoms with Gasteiger partial charge in [0.2, 0.25) is 5.91 Å². The molecule has 2 heterocycles. The summed E-state index contributed by atoms with van der Waals surface area (Å²) in [5, 5.41) is 4.57. The van der Waals surface area contributed by atoms with Crippen LogP contribution in [0.2, 0.25) is 0 Å². The van der Waals surface area contributed by atoms with Crippen LogP contribution in [0.5, 0.6) is 5.75 Å². The molecule has 0 unspecified atom stereocenters. The van der Waals surface area contributed by atoms with Gasteiger partial charge in [0.15, 0.2) is 0 Å². The lowest BCUT2D eigenvalue weighted by Gasteiger charge is -2.38. The quantitative estimate of drug-likeness (QED) is 0.495. The summed E-state index contributed by atoms with van der Waals surface area (Å²) in [6.45, 7) is 10.6. The minimum absolute atomic E-state index is 0.173. The van der Waals surface area contributed by atoms with Crippen LogP contribution in [0.3, 0.4) is 0 Å². The van der Waals surface area contributed by atoms with Crippen LogP contribution in [0.1, 0.15) is 58.6 Å². The van der Waals surface area contributed by atoms with Crippen molar-refractivity contribution in [2.45, 2.75) is 77.9 Å². The number of hydrogen-bond donors (Lipinski definition) is 1. The smallest absolute Gasteiger partial charge is 0.229 e. The van der Waals surface area contributed by atoms with Crippen molar-refractivity contribution in [3.63, 3.8) is 0 Å². The van der Waals surface area contributed by atoms with Crippen LogP contribution in [0, 0.1) is 0 Å². The standard InChI is InChI=1S/C26H41N3O3/c1-5-16-32-26-22-12-6-7-13-23(22)28(15-8-9-17-31-4)24(26)18-25(30)29(20(2)3)21-11-10-14-27-19-21/h6-7,12-13,20-21,27H,5,8-11,14-19H2,1-4H3/t21-/m1/s1. The van der Waals surface area contributed by atoms with E-state index in [4.69, 9.17) is 9.47 Å². The third-order valence-corrected chi connectivity index (χ3v) is 6.29. The maximum atomic E-state index is 13.7. The number of piperidine rings is 1. The van der Waals surface area contributed by atoms with Crippen LogP contribution in [0.15, 0.2) is 24.3 Å². The summed E-state index contributed by atoms with van der Waals surface area (Å²) in [6.07, 6.45) is 5.48. The first-order valence-electron chi connectivity index (χ1n) is 12.3. The highest BCUT2D eigenvalue weighted by molar-refractivity contribution is 5.91. The molecule has 1 N–H and O–H groups in total. The number of fused-ring (bicyclic) bond motifs is 1. The van der Waals surface area contributed by atoms with Crippen LogP contribution >= 0.6 is 0 Å². The van der Waals surface area contributed by atoms with Crippen LogP contribution in [-0.2, 0) is 22.5 Å². The molecule has 1 amide bonds. The molecule has 1 saturated heterocycles. The van der Waals surface area contributed by atoms with Gasteiger partial charge in [0.1, 0.15) is 5.75 Å². The van der Waals surface area contributed by atoms with Crippen molar-refractivity contribution in [1.29, 1.82) is 0 Å². The van der Waals surface area contributed by atoms with Crippen molar-refractivity contribution in [2.24, 2.45) is 0 Å². The predicted octanol–water partition coefficient (Wildman–Crippen LogP) is 4.39.